The van der Waals surface area contributed by atoms with Crippen LogP contribution >= 0.6 is 11.3 Å². The second-order valence-corrected chi connectivity index (χ2v) is 11.7. The fourth-order valence-corrected chi connectivity index (χ4v) is 6.52. The highest BCUT2D eigenvalue weighted by atomic mass is 32.1. The molecule has 0 bridgehead atoms. The first-order valence-electron chi connectivity index (χ1n) is 12.0. The standard InChI is InChI=1S/C25H27N7O3S/c1-13-21(32(33)34)14(2)30(28-13)11-16-7-9-18(35-16)22-27-23-20-17-8-6-15(25(3,4)5)10-19(17)36-24(20)26-12-31(23)29-22/h7,9,12,15H,6,8,10-11H2,1-5H3/t15-/m0/s1. The molecule has 5 heterocycles. The number of nitrogens with zero attached hydrogens (tertiary/aromatic N) is 7. The summed E-state index contributed by atoms with van der Waals surface area (Å²) < 4.78 is 9.35. The molecule has 1 aliphatic rings. The van der Waals surface area contributed by atoms with E-state index in [4.69, 9.17) is 9.40 Å². The third-order valence-corrected chi connectivity index (χ3v) is 8.49. The molecule has 0 amide bonds. The smallest absolute Gasteiger partial charge is 0.312 e. The summed E-state index contributed by atoms with van der Waals surface area (Å²) in [7, 11) is 0. The Hall–Kier alpha value is -3.60. The summed E-state index contributed by atoms with van der Waals surface area (Å²) in [6, 6.07) is 3.65. The van der Waals surface area contributed by atoms with E-state index in [-0.39, 0.29) is 17.6 Å². The molecule has 0 fully saturated rings. The number of hydrogen-bond acceptors (Lipinski definition) is 8. The van der Waals surface area contributed by atoms with E-state index in [0.717, 1.165) is 35.1 Å². The van der Waals surface area contributed by atoms with Crippen LogP contribution in [0.2, 0.25) is 0 Å². The molecule has 0 spiro atoms. The maximum Gasteiger partial charge on any atom is 0.312 e. The molecule has 36 heavy (non-hydrogen) atoms. The summed E-state index contributed by atoms with van der Waals surface area (Å²) >= 11 is 1.78. The maximum atomic E-state index is 11.3. The normalized spacial score (nSPS) is 16.2. The van der Waals surface area contributed by atoms with Crippen LogP contribution in [0.5, 0.6) is 0 Å². The van der Waals surface area contributed by atoms with Crippen LogP contribution in [0.15, 0.2) is 22.9 Å². The highest BCUT2D eigenvalue weighted by Crippen LogP contribution is 2.43. The molecule has 0 aliphatic heterocycles. The zero-order valence-electron chi connectivity index (χ0n) is 20.9. The molecule has 10 nitrogen and oxygen atoms in total. The highest BCUT2D eigenvalue weighted by molar-refractivity contribution is 7.19. The molecule has 186 valence electrons. The predicted molar refractivity (Wildman–Crippen MR) is 136 cm³/mol. The van der Waals surface area contributed by atoms with Gasteiger partial charge < -0.3 is 4.42 Å². The lowest BCUT2D eigenvalue weighted by molar-refractivity contribution is -0.386. The summed E-state index contributed by atoms with van der Waals surface area (Å²) in [6.07, 6.45) is 4.99. The molecular formula is C25H27N7O3S. The molecule has 0 aromatic carbocycles. The number of rotatable bonds is 4. The first-order valence-corrected chi connectivity index (χ1v) is 12.8. The van der Waals surface area contributed by atoms with Crippen molar-refractivity contribution in [3.8, 4) is 11.6 Å². The maximum absolute atomic E-state index is 11.3. The number of furan rings is 1. The fourth-order valence-electron chi connectivity index (χ4n) is 5.25. The third-order valence-electron chi connectivity index (χ3n) is 7.32. The average Bonchev–Trinajstić information content (AvgIpc) is 3.56. The van der Waals surface area contributed by atoms with E-state index in [0.29, 0.717) is 34.7 Å². The van der Waals surface area contributed by atoms with Gasteiger partial charge in [0, 0.05) is 4.88 Å². The van der Waals surface area contributed by atoms with Crippen LogP contribution in [0, 0.1) is 35.3 Å². The number of hydrogen-bond donors (Lipinski definition) is 0. The van der Waals surface area contributed by atoms with E-state index < -0.39 is 4.92 Å². The lowest BCUT2D eigenvalue weighted by Crippen LogP contribution is -2.26. The van der Waals surface area contributed by atoms with Gasteiger partial charge in [-0.25, -0.2) is 14.5 Å². The molecule has 11 heteroatoms. The first kappa shape index (κ1) is 22.8. The molecule has 0 radical (unpaired) electrons. The lowest BCUT2D eigenvalue weighted by Gasteiger charge is -2.33. The first-order chi connectivity index (χ1) is 17.1. The van der Waals surface area contributed by atoms with Gasteiger partial charge in [0.2, 0.25) is 5.82 Å². The quantitative estimate of drug-likeness (QED) is 0.233. The van der Waals surface area contributed by atoms with Gasteiger partial charge >= 0.3 is 5.69 Å². The van der Waals surface area contributed by atoms with E-state index in [1.54, 1.807) is 40.7 Å². The molecule has 0 saturated heterocycles. The van der Waals surface area contributed by atoms with Crippen LogP contribution < -0.4 is 0 Å². The van der Waals surface area contributed by atoms with Crippen molar-refractivity contribution in [2.45, 2.75) is 60.4 Å². The number of fused-ring (bicyclic) bond motifs is 5. The van der Waals surface area contributed by atoms with Crippen LogP contribution in [0.1, 0.15) is 54.8 Å². The van der Waals surface area contributed by atoms with Crippen molar-refractivity contribution >= 4 is 32.9 Å². The Morgan fingerprint density at radius 3 is 2.78 bits per heavy atom. The van der Waals surface area contributed by atoms with E-state index in [1.807, 2.05) is 12.1 Å². The second kappa shape index (κ2) is 7.95. The molecule has 5 aromatic heterocycles. The largest absolute Gasteiger partial charge is 0.456 e. The number of nitro groups is 1. The van der Waals surface area contributed by atoms with E-state index in [1.165, 1.54) is 10.4 Å². The summed E-state index contributed by atoms with van der Waals surface area (Å²) in [5.41, 5.74) is 3.36. The van der Waals surface area contributed by atoms with Crippen LogP contribution in [-0.4, -0.2) is 34.3 Å². The Kier molecular flexibility index (Phi) is 5.05. The van der Waals surface area contributed by atoms with E-state index in [2.05, 4.69) is 36.0 Å². The molecule has 5 aromatic rings. The highest BCUT2D eigenvalue weighted by Gasteiger charge is 2.32. The summed E-state index contributed by atoms with van der Waals surface area (Å²) in [4.78, 5) is 22.9. The van der Waals surface area contributed by atoms with Crippen LogP contribution in [0.25, 0.3) is 27.4 Å². The molecule has 6 rings (SSSR count). The Morgan fingerprint density at radius 1 is 1.25 bits per heavy atom. The Bertz CT molecular complexity index is 1650. The zero-order valence-corrected chi connectivity index (χ0v) is 21.7. The third kappa shape index (κ3) is 3.60. The van der Waals surface area contributed by atoms with Crippen molar-refractivity contribution in [2.75, 3.05) is 0 Å². The second-order valence-electron chi connectivity index (χ2n) is 10.6. The summed E-state index contributed by atoms with van der Waals surface area (Å²) in [5, 5.41) is 21.4. The minimum absolute atomic E-state index is 0.0354. The van der Waals surface area contributed by atoms with Crippen molar-refractivity contribution in [3.05, 3.63) is 56.2 Å². The van der Waals surface area contributed by atoms with Crippen molar-refractivity contribution in [3.63, 3.8) is 0 Å². The van der Waals surface area contributed by atoms with Gasteiger partial charge in [-0.2, -0.15) is 5.10 Å². The van der Waals surface area contributed by atoms with Gasteiger partial charge in [-0.3, -0.25) is 14.8 Å². The van der Waals surface area contributed by atoms with Crippen LogP contribution in [0.3, 0.4) is 0 Å². The predicted octanol–water partition coefficient (Wildman–Crippen LogP) is 5.52. The SMILES string of the molecule is Cc1nn(Cc2ccc(-c3nc4c5c6c(sc5ncn4n3)C[C@@H](C(C)(C)C)CC6)o2)c(C)c1[N+](=O)[O-]. The summed E-state index contributed by atoms with van der Waals surface area (Å²) in [6.45, 7) is 10.6. The van der Waals surface area contributed by atoms with Crippen molar-refractivity contribution in [2.24, 2.45) is 11.3 Å². The monoisotopic (exact) mass is 505 g/mol. The van der Waals surface area contributed by atoms with Gasteiger partial charge in [0.1, 0.15) is 28.3 Å². The van der Waals surface area contributed by atoms with Gasteiger partial charge in [0.15, 0.2) is 11.4 Å². The minimum Gasteiger partial charge on any atom is -0.456 e. The average molecular weight is 506 g/mol. The molecular weight excluding hydrogens is 478 g/mol. The Balaban J connectivity index is 1.34. The van der Waals surface area contributed by atoms with Gasteiger partial charge in [0.25, 0.3) is 0 Å². The fraction of sp³-hybridized carbons (Fsp3) is 0.440. The van der Waals surface area contributed by atoms with Gasteiger partial charge in [0.05, 0.1) is 16.9 Å². The van der Waals surface area contributed by atoms with Crippen molar-refractivity contribution in [1.29, 1.82) is 0 Å². The topological polar surface area (TPSA) is 117 Å². The van der Waals surface area contributed by atoms with Crippen molar-refractivity contribution < 1.29 is 9.34 Å². The Labute approximate surface area is 211 Å². The summed E-state index contributed by atoms with van der Waals surface area (Å²) in [5.74, 6) is 2.30. The number of aryl methyl sites for hydroxylation is 2. The lowest BCUT2D eigenvalue weighted by atomic mass is 9.72. The number of aromatic nitrogens is 6. The Morgan fingerprint density at radius 2 is 2.06 bits per heavy atom. The molecule has 1 atom stereocenters. The molecule has 0 saturated carbocycles. The molecule has 0 N–H and O–H groups in total. The molecule has 0 unspecified atom stereocenters. The van der Waals surface area contributed by atoms with E-state index >= 15 is 0 Å². The zero-order chi connectivity index (χ0) is 25.4. The minimum atomic E-state index is -0.399. The van der Waals surface area contributed by atoms with Gasteiger partial charge in [-0.15, -0.1) is 16.4 Å². The van der Waals surface area contributed by atoms with Crippen molar-refractivity contribution in [1.82, 2.24) is 29.4 Å². The molecule has 1 aliphatic carbocycles. The van der Waals surface area contributed by atoms with Gasteiger partial charge in [-0.1, -0.05) is 20.8 Å². The van der Waals surface area contributed by atoms with Gasteiger partial charge in [-0.05, 0) is 62.1 Å². The number of thiophene rings is 1. The van der Waals surface area contributed by atoms with E-state index in [9.17, 15) is 10.1 Å². The van der Waals surface area contributed by atoms with Crippen LogP contribution in [-0.2, 0) is 19.4 Å². The van der Waals surface area contributed by atoms with Crippen LogP contribution in [0.4, 0.5) is 5.69 Å².